The summed E-state index contributed by atoms with van der Waals surface area (Å²) in [4.78, 5) is 12.1. The fraction of sp³-hybridized carbons (Fsp3) is 0.414. The summed E-state index contributed by atoms with van der Waals surface area (Å²) in [6.07, 6.45) is 28.6. The molecule has 1 amide bonds. The molecule has 1 atom stereocenters. The van der Waals surface area contributed by atoms with E-state index in [4.69, 9.17) is 0 Å². The number of phenols is 2. The lowest BCUT2D eigenvalue weighted by molar-refractivity contribution is -0.121. The molecule has 0 fully saturated rings. The quantitative estimate of drug-likeness (QED) is 0.135. The molecule has 3 N–H and O–H groups in total. The Bertz CT molecular complexity index is 805. The van der Waals surface area contributed by atoms with Crippen LogP contribution in [0.2, 0.25) is 0 Å². The van der Waals surface area contributed by atoms with E-state index in [1.807, 2.05) is 19.1 Å². The van der Waals surface area contributed by atoms with E-state index < -0.39 is 0 Å². The minimum atomic E-state index is -0.139. The molecule has 1 unspecified atom stereocenters. The van der Waals surface area contributed by atoms with Crippen molar-refractivity contribution in [2.45, 2.75) is 77.2 Å². The Kier molecular flexibility index (Phi) is 15.8. The zero-order chi connectivity index (χ0) is 24.2. The van der Waals surface area contributed by atoms with Gasteiger partial charge in [0.2, 0.25) is 5.91 Å². The molecule has 1 rings (SSSR count). The molecule has 33 heavy (non-hydrogen) atoms. The van der Waals surface area contributed by atoms with Crippen molar-refractivity contribution in [3.8, 4) is 11.5 Å². The molecule has 4 heteroatoms. The number of hydrogen-bond donors (Lipinski definition) is 3. The molecule has 0 saturated heterocycles. The van der Waals surface area contributed by atoms with Gasteiger partial charge >= 0.3 is 0 Å². The van der Waals surface area contributed by atoms with Crippen LogP contribution in [-0.4, -0.2) is 22.2 Å². The third-order valence-electron chi connectivity index (χ3n) is 5.02. The maximum absolute atomic E-state index is 12.1. The monoisotopic (exact) mass is 451 g/mol. The maximum Gasteiger partial charge on any atom is 0.220 e. The van der Waals surface area contributed by atoms with Crippen LogP contribution in [0.4, 0.5) is 0 Å². The summed E-state index contributed by atoms with van der Waals surface area (Å²) in [5.74, 6) is -0.257. The van der Waals surface area contributed by atoms with Gasteiger partial charge < -0.3 is 15.5 Å². The topological polar surface area (TPSA) is 69.6 Å². The van der Waals surface area contributed by atoms with Crippen molar-refractivity contribution >= 4 is 5.91 Å². The number of benzene rings is 1. The Morgan fingerprint density at radius 3 is 2.09 bits per heavy atom. The predicted octanol–water partition coefficient (Wildman–Crippen LogP) is 7.07. The zero-order valence-electron chi connectivity index (χ0n) is 20.1. The number of carbonyl (C=O) groups is 1. The number of allylic oxidation sites excluding steroid dienone is 9. The van der Waals surface area contributed by atoms with Crippen LogP contribution < -0.4 is 5.32 Å². The van der Waals surface area contributed by atoms with Gasteiger partial charge in [-0.2, -0.15) is 0 Å². The number of nitrogens with one attached hydrogen (secondary N) is 1. The second kappa shape index (κ2) is 18.6. The smallest absolute Gasteiger partial charge is 0.220 e. The van der Waals surface area contributed by atoms with E-state index in [-0.39, 0.29) is 23.4 Å². The Morgan fingerprint density at radius 1 is 0.879 bits per heavy atom. The van der Waals surface area contributed by atoms with Gasteiger partial charge in [0, 0.05) is 12.5 Å². The van der Waals surface area contributed by atoms with Crippen LogP contribution in [0.3, 0.4) is 0 Å². The van der Waals surface area contributed by atoms with E-state index in [0.717, 1.165) is 50.5 Å². The number of carbonyl (C=O) groups excluding carboxylic acids is 1. The summed E-state index contributed by atoms with van der Waals surface area (Å²) in [7, 11) is 0. The van der Waals surface area contributed by atoms with Crippen LogP contribution in [0.1, 0.15) is 70.3 Å². The lowest BCUT2D eigenvalue weighted by atomic mass is 10.1. The number of phenolic OH excluding ortho intramolecular Hbond substituents is 2. The molecule has 0 radical (unpaired) electrons. The summed E-state index contributed by atoms with van der Waals surface area (Å²) in [6, 6.07) is 4.69. The van der Waals surface area contributed by atoms with Crippen molar-refractivity contribution in [2.24, 2.45) is 0 Å². The molecule has 0 aliphatic rings. The maximum atomic E-state index is 12.1. The molecule has 0 bridgehead atoms. The summed E-state index contributed by atoms with van der Waals surface area (Å²) in [5, 5.41) is 21.9. The highest BCUT2D eigenvalue weighted by Crippen LogP contribution is 2.25. The first-order chi connectivity index (χ1) is 16.0. The van der Waals surface area contributed by atoms with E-state index in [1.165, 1.54) is 18.6 Å². The predicted molar refractivity (Wildman–Crippen MR) is 139 cm³/mol. The van der Waals surface area contributed by atoms with Gasteiger partial charge in [-0.15, -0.1) is 6.58 Å². The molecule has 0 spiro atoms. The van der Waals surface area contributed by atoms with Crippen molar-refractivity contribution in [3.63, 3.8) is 0 Å². The van der Waals surface area contributed by atoms with Crippen molar-refractivity contribution in [2.75, 3.05) is 0 Å². The molecule has 0 aliphatic carbocycles. The fourth-order valence-electron chi connectivity index (χ4n) is 3.25. The van der Waals surface area contributed by atoms with E-state index in [0.29, 0.717) is 12.8 Å². The van der Waals surface area contributed by atoms with Gasteiger partial charge in [-0.25, -0.2) is 0 Å². The van der Waals surface area contributed by atoms with Gasteiger partial charge in [0.25, 0.3) is 0 Å². The Hall–Kier alpha value is -3.01. The molecule has 1 aromatic carbocycles. The lowest BCUT2D eigenvalue weighted by Gasteiger charge is -2.14. The van der Waals surface area contributed by atoms with Crippen LogP contribution in [-0.2, 0) is 11.2 Å². The number of hydrogen-bond acceptors (Lipinski definition) is 3. The summed E-state index contributed by atoms with van der Waals surface area (Å²) >= 11 is 0. The Morgan fingerprint density at radius 2 is 1.48 bits per heavy atom. The molecule has 1 aromatic rings. The van der Waals surface area contributed by atoms with E-state index in [9.17, 15) is 15.0 Å². The van der Waals surface area contributed by atoms with Crippen molar-refractivity contribution in [3.05, 3.63) is 85.0 Å². The molecule has 4 nitrogen and oxygen atoms in total. The van der Waals surface area contributed by atoms with Crippen LogP contribution in [0.15, 0.2) is 79.5 Å². The average molecular weight is 452 g/mol. The van der Waals surface area contributed by atoms with Gasteiger partial charge in [0.1, 0.15) is 0 Å². The van der Waals surface area contributed by atoms with Crippen molar-refractivity contribution < 1.29 is 15.0 Å². The average Bonchev–Trinajstić information content (AvgIpc) is 2.78. The second-order valence-corrected chi connectivity index (χ2v) is 8.19. The van der Waals surface area contributed by atoms with Gasteiger partial charge in [-0.3, -0.25) is 4.79 Å². The zero-order valence-corrected chi connectivity index (χ0v) is 20.1. The highest BCUT2D eigenvalue weighted by Gasteiger charge is 2.09. The van der Waals surface area contributed by atoms with Crippen molar-refractivity contribution in [1.29, 1.82) is 0 Å². The third kappa shape index (κ3) is 15.4. The molecular weight excluding hydrogens is 410 g/mol. The van der Waals surface area contributed by atoms with Crippen LogP contribution >= 0.6 is 0 Å². The van der Waals surface area contributed by atoms with Crippen LogP contribution in [0, 0.1) is 0 Å². The minimum Gasteiger partial charge on any atom is -0.504 e. The second-order valence-electron chi connectivity index (χ2n) is 8.19. The number of rotatable bonds is 17. The fourth-order valence-corrected chi connectivity index (χ4v) is 3.25. The third-order valence-corrected chi connectivity index (χ3v) is 5.02. The van der Waals surface area contributed by atoms with E-state index in [2.05, 4.69) is 54.4 Å². The standard InChI is InChI=1S/C29H41NO3/c1-3-4-5-6-7-8-9-10-11-12-13-14-15-16-17-18-19-20-29(33)30-25(2)23-26-21-22-27(31)28(32)24-26/h3,7-8,10-11,14-15,17-18,21-22,24-25,31-32H,1,4-6,9,12-13,16,19-20,23H2,2H3,(H,30,33)/b8-7-,11-10+,15-14-,18-17+. The number of aromatic hydroxyl groups is 2. The molecule has 0 aromatic heterocycles. The van der Waals surface area contributed by atoms with E-state index >= 15 is 0 Å². The SMILES string of the molecule is C=CCCC/C=C\C/C=C/CC/C=C\C/C=C/CCC(=O)NC(C)Cc1ccc(O)c(O)c1. The first-order valence-electron chi connectivity index (χ1n) is 12.0. The van der Waals surface area contributed by atoms with Gasteiger partial charge in [0.05, 0.1) is 0 Å². The highest BCUT2D eigenvalue weighted by atomic mass is 16.3. The van der Waals surface area contributed by atoms with Gasteiger partial charge in [0.15, 0.2) is 11.5 Å². The molecule has 0 aliphatic heterocycles. The minimum absolute atomic E-state index is 0.0177. The Labute approximate surface area is 200 Å². The first kappa shape index (κ1) is 28.0. The number of unbranched alkanes of at least 4 members (excludes halogenated alkanes) is 3. The van der Waals surface area contributed by atoms with Gasteiger partial charge in [-0.1, -0.05) is 60.8 Å². The summed E-state index contributed by atoms with van der Waals surface area (Å²) in [5.41, 5.74) is 0.868. The molecule has 180 valence electrons. The van der Waals surface area contributed by atoms with E-state index in [1.54, 1.807) is 6.07 Å². The molecule has 0 saturated carbocycles. The molecular formula is C29H41NO3. The summed E-state index contributed by atoms with van der Waals surface area (Å²) in [6.45, 7) is 5.66. The highest BCUT2D eigenvalue weighted by molar-refractivity contribution is 5.76. The molecule has 0 heterocycles. The Balaban J connectivity index is 2.05. The normalized spacial score (nSPS) is 12.9. The van der Waals surface area contributed by atoms with Gasteiger partial charge in [-0.05, 0) is 82.4 Å². The number of amides is 1. The lowest BCUT2D eigenvalue weighted by Crippen LogP contribution is -2.33. The summed E-state index contributed by atoms with van der Waals surface area (Å²) < 4.78 is 0. The van der Waals surface area contributed by atoms with Crippen LogP contribution in [0.5, 0.6) is 11.5 Å². The largest absolute Gasteiger partial charge is 0.504 e. The van der Waals surface area contributed by atoms with Crippen molar-refractivity contribution in [1.82, 2.24) is 5.32 Å². The van der Waals surface area contributed by atoms with Crippen LogP contribution in [0.25, 0.3) is 0 Å². The first-order valence-corrected chi connectivity index (χ1v) is 12.0.